The average Bonchev–Trinajstić information content (AvgIpc) is 3.40. The van der Waals surface area contributed by atoms with Gasteiger partial charge in [-0.3, -0.25) is 4.79 Å². The lowest BCUT2D eigenvalue weighted by Gasteiger charge is -2.48. The molecule has 0 bridgehead atoms. The van der Waals surface area contributed by atoms with Crippen LogP contribution < -0.4 is 9.47 Å². The van der Waals surface area contributed by atoms with E-state index in [0.29, 0.717) is 5.56 Å². The second-order valence-corrected chi connectivity index (χ2v) is 18.8. The van der Waals surface area contributed by atoms with Crippen molar-refractivity contribution >= 4 is 5.78 Å². The van der Waals surface area contributed by atoms with Crippen molar-refractivity contribution in [1.82, 2.24) is 0 Å². The van der Waals surface area contributed by atoms with Gasteiger partial charge in [0.2, 0.25) is 6.29 Å². The Morgan fingerprint density at radius 2 is 0.961 bits per heavy atom. The quantitative estimate of drug-likeness (QED) is 0.0581. The molecule has 0 amide bonds. The number of ketones is 1. The summed E-state index contributed by atoms with van der Waals surface area (Å²) in [6.45, 7) is -2.30. The van der Waals surface area contributed by atoms with Gasteiger partial charge in [0.1, 0.15) is 133 Å². The molecule has 30 nitrogen and oxygen atoms in total. The molecule has 5 fully saturated rings. The van der Waals surface area contributed by atoms with Gasteiger partial charge in [-0.15, -0.1) is 0 Å². The van der Waals surface area contributed by atoms with Gasteiger partial charge in [0, 0.05) is 18.6 Å². The zero-order valence-electron chi connectivity index (χ0n) is 40.5. The number of carbonyl (C=O) groups excluding carboxylic acids is 1. The molecule has 5 saturated heterocycles. The van der Waals surface area contributed by atoms with Gasteiger partial charge in [-0.1, -0.05) is 6.07 Å². The van der Waals surface area contributed by atoms with Crippen molar-refractivity contribution in [3.63, 3.8) is 0 Å². The maximum absolute atomic E-state index is 13.2. The highest BCUT2D eigenvalue weighted by molar-refractivity contribution is 6.01. The van der Waals surface area contributed by atoms with Crippen LogP contribution in [0.15, 0.2) is 30.3 Å². The lowest BCUT2D eigenvalue weighted by Crippen LogP contribution is -2.67. The van der Waals surface area contributed by atoms with E-state index in [2.05, 4.69) is 0 Å². The lowest BCUT2D eigenvalue weighted by molar-refractivity contribution is -0.382. The number of aryl methyl sites for hydroxylation is 1. The third kappa shape index (κ3) is 12.6. The van der Waals surface area contributed by atoms with Crippen LogP contribution in [0.4, 0.5) is 0 Å². The first kappa shape index (κ1) is 59.8. The number of phenols is 3. The van der Waals surface area contributed by atoms with Crippen LogP contribution in [0.2, 0.25) is 0 Å². The maximum atomic E-state index is 13.2. The zero-order valence-corrected chi connectivity index (χ0v) is 40.5. The highest BCUT2D eigenvalue weighted by atomic mass is 16.8. The summed E-state index contributed by atoms with van der Waals surface area (Å²) in [5.74, 6) is -2.73. The van der Waals surface area contributed by atoms with Gasteiger partial charge >= 0.3 is 0 Å². The number of aliphatic hydroxyl groups excluding tert-OH is 15. The van der Waals surface area contributed by atoms with Crippen molar-refractivity contribution in [3.8, 4) is 28.7 Å². The Kier molecular flexibility index (Phi) is 20.1. The smallest absolute Gasteiger partial charge is 0.229 e. The number of phenolic OH excluding ortho intramolecular Hbond substituents is 3. The molecule has 2 aromatic rings. The van der Waals surface area contributed by atoms with Crippen molar-refractivity contribution in [3.05, 3.63) is 41.5 Å². The van der Waals surface area contributed by atoms with Crippen LogP contribution in [0, 0.1) is 0 Å². The van der Waals surface area contributed by atoms with Crippen molar-refractivity contribution in [2.45, 2.75) is 173 Å². The summed E-state index contributed by atoms with van der Waals surface area (Å²) in [7, 11) is 1.36. The number of rotatable bonds is 19. The first-order valence-electron chi connectivity index (χ1n) is 24.0. The predicted molar refractivity (Wildman–Crippen MR) is 241 cm³/mol. The summed E-state index contributed by atoms with van der Waals surface area (Å²) < 4.78 is 61.6. The van der Waals surface area contributed by atoms with Gasteiger partial charge in [0.05, 0.1) is 39.6 Å². The maximum Gasteiger partial charge on any atom is 0.229 e. The molecule has 0 saturated carbocycles. The predicted octanol–water partition coefficient (Wildman–Crippen LogP) is -7.87. The molecule has 30 heteroatoms. The van der Waals surface area contributed by atoms with Crippen LogP contribution in [0.1, 0.15) is 29.3 Å². The molecule has 7 rings (SSSR count). The Morgan fingerprint density at radius 1 is 0.500 bits per heavy atom. The molecule has 2 aromatic carbocycles. The topological polar surface area (TPSA) is 483 Å². The Morgan fingerprint density at radius 3 is 1.51 bits per heavy atom. The summed E-state index contributed by atoms with van der Waals surface area (Å²) in [5, 5.41) is 192. The molecule has 0 spiro atoms. The van der Waals surface area contributed by atoms with Crippen molar-refractivity contribution in [2.75, 3.05) is 33.5 Å². The van der Waals surface area contributed by atoms with Crippen LogP contribution in [0.3, 0.4) is 0 Å². The Balaban J connectivity index is 1.03. The summed E-state index contributed by atoms with van der Waals surface area (Å²) in [5.41, 5.74) is 0.00287. The Hall–Kier alpha value is -3.85. The molecule has 18 N–H and O–H groups in total. The van der Waals surface area contributed by atoms with Crippen LogP contribution in [-0.4, -0.2) is 285 Å². The van der Waals surface area contributed by atoms with E-state index in [1.807, 2.05) is 0 Å². The SMILES string of the molecule is COc1ccc(CCC(=O)c2c(O)cc(O[C@@H]3O[C@H](CO[C@H]4O[C@H](CO)[C@@H](O[C@H]5O[C@H](CO)[C@@H](O[C@H]6O[C@H](CO)[C@@H](O)[C@H](O)[C@H]6O)[C@H](O)[C@H]5O)[C@H](O)[C@H]4O)[C@@H](O)[C@H](O)[C@H]3O[C@@H]3O[C@@H](C)[C@H](O)[C@@H](O)[C@H]3O)cc2O)cc1O. The number of ether oxygens (including phenoxy) is 11. The normalized spacial score (nSPS) is 42.1. The van der Waals surface area contributed by atoms with Gasteiger partial charge in [-0.2, -0.15) is 0 Å². The van der Waals surface area contributed by atoms with Crippen LogP contribution in [0.5, 0.6) is 28.7 Å². The number of methoxy groups -OCH3 is 1. The molecular weight excluding hydrogens is 1030 g/mol. The van der Waals surface area contributed by atoms with Crippen molar-refractivity contribution in [2.24, 2.45) is 0 Å². The standard InChI is InChI=1S/C46H66O30/c1-14-27(54)30(57)35(62)43(68-14)76-41-32(59)29(56)25(73-46(41)69-16-8-19(52)26(20(53)9-16)17(50)5-3-15-4-6-21(66-2)18(51)7-15)13-67-42-37(64)33(60)39(23(11-48)71-42)75-45-38(65)34(61)40(24(12-49)72-45)74-44-36(63)31(58)28(55)22(10-47)70-44/h4,6-9,14,22-25,27-49,51-65H,3,5,10-13H2,1-2H3/t14-,22+,23+,24+,25+,27-,28+,29+,30+,31-,32-,33+,34+,35+,36+,37+,38+,39+,40+,41+,42-,43-,44+,45+,46+/m0/s1. The largest absolute Gasteiger partial charge is 0.507 e. The summed E-state index contributed by atoms with van der Waals surface area (Å²) in [6.07, 6.45) is -46.1. The van der Waals surface area contributed by atoms with E-state index in [9.17, 15) is 96.7 Å². The summed E-state index contributed by atoms with van der Waals surface area (Å²) in [4.78, 5) is 13.2. The number of hydrogen-bond acceptors (Lipinski definition) is 30. The number of benzene rings is 2. The van der Waals surface area contributed by atoms with Gasteiger partial charge in [-0.05, 0) is 31.0 Å². The molecule has 0 radical (unpaired) electrons. The first-order valence-corrected chi connectivity index (χ1v) is 24.0. The van der Waals surface area contributed by atoms with E-state index in [1.54, 1.807) is 6.07 Å². The average molecular weight is 1100 g/mol. The van der Waals surface area contributed by atoms with Gasteiger partial charge < -0.3 is 144 Å². The highest BCUT2D eigenvalue weighted by Crippen LogP contribution is 2.39. The van der Waals surface area contributed by atoms with E-state index < -0.39 is 209 Å². The second-order valence-electron chi connectivity index (χ2n) is 18.8. The molecule has 0 unspecified atom stereocenters. The Bertz CT molecular complexity index is 2180. The van der Waals surface area contributed by atoms with E-state index in [-0.39, 0.29) is 24.3 Å². The third-order valence-electron chi connectivity index (χ3n) is 13.7. The third-order valence-corrected chi connectivity index (χ3v) is 13.7. The van der Waals surface area contributed by atoms with E-state index in [1.165, 1.54) is 26.2 Å². The molecule has 0 aliphatic carbocycles. The number of Topliss-reactive ketones (excluding diaryl/α,β-unsaturated/α-hetero) is 1. The number of aromatic hydroxyl groups is 3. The molecule has 0 aromatic heterocycles. The highest BCUT2D eigenvalue weighted by Gasteiger charge is 2.55. The fourth-order valence-electron chi connectivity index (χ4n) is 9.28. The first-order chi connectivity index (χ1) is 36.0. The Labute approximate surface area is 431 Å². The van der Waals surface area contributed by atoms with Gasteiger partial charge in [-0.25, -0.2) is 0 Å². The summed E-state index contributed by atoms with van der Waals surface area (Å²) in [6, 6.07) is 6.24. The molecule has 5 heterocycles. The fraction of sp³-hybridized carbons (Fsp3) is 0.717. The number of aliphatic hydroxyl groups is 15. The lowest BCUT2D eigenvalue weighted by atomic mass is 9.96. The molecule has 76 heavy (non-hydrogen) atoms. The number of carbonyl (C=O) groups is 1. The van der Waals surface area contributed by atoms with Crippen LogP contribution in [-0.2, 0) is 49.1 Å². The van der Waals surface area contributed by atoms with Crippen LogP contribution in [0.25, 0.3) is 0 Å². The number of hydrogen-bond donors (Lipinski definition) is 18. The van der Waals surface area contributed by atoms with Crippen LogP contribution >= 0.6 is 0 Å². The van der Waals surface area contributed by atoms with E-state index in [0.717, 1.165) is 12.1 Å². The molecule has 430 valence electrons. The van der Waals surface area contributed by atoms with E-state index >= 15 is 0 Å². The molecule has 5 aliphatic heterocycles. The minimum atomic E-state index is -2.11. The minimum Gasteiger partial charge on any atom is -0.507 e. The van der Waals surface area contributed by atoms with Crippen molar-refractivity contribution in [1.29, 1.82) is 0 Å². The van der Waals surface area contributed by atoms with E-state index in [4.69, 9.17) is 52.1 Å². The second kappa shape index (κ2) is 25.5. The van der Waals surface area contributed by atoms with Crippen molar-refractivity contribution < 1.29 is 149 Å². The fourth-order valence-corrected chi connectivity index (χ4v) is 9.28. The molecular formula is C46H66O30. The van der Waals surface area contributed by atoms with Gasteiger partial charge in [0.25, 0.3) is 0 Å². The molecule has 25 atom stereocenters. The van der Waals surface area contributed by atoms with Gasteiger partial charge in [0.15, 0.2) is 48.5 Å². The monoisotopic (exact) mass is 1100 g/mol. The molecule has 5 aliphatic rings. The minimum absolute atomic E-state index is 0.0664. The summed E-state index contributed by atoms with van der Waals surface area (Å²) >= 11 is 0. The zero-order chi connectivity index (χ0) is 55.6.